The van der Waals surface area contributed by atoms with Gasteiger partial charge >= 0.3 is 0 Å². The molecule has 1 atom stereocenters. The Hall–Kier alpha value is -1.75. The van der Waals surface area contributed by atoms with Crippen molar-refractivity contribution < 1.29 is 9.13 Å². The van der Waals surface area contributed by atoms with E-state index in [-0.39, 0.29) is 11.6 Å². The Morgan fingerprint density at radius 2 is 2.27 bits per heavy atom. The first-order valence-electron chi connectivity index (χ1n) is 7.35. The highest BCUT2D eigenvalue weighted by molar-refractivity contribution is 6.30. The normalized spacial score (nSPS) is 21.2. The van der Waals surface area contributed by atoms with E-state index in [1.807, 2.05) is 6.08 Å². The van der Waals surface area contributed by atoms with Gasteiger partial charge in [-0.05, 0) is 31.0 Å². The molecule has 2 heterocycles. The maximum atomic E-state index is 13.4. The third-order valence-corrected chi connectivity index (χ3v) is 4.49. The van der Waals surface area contributed by atoms with Gasteiger partial charge in [0, 0.05) is 25.7 Å². The SMILES string of the molecule is CC1CCN2CN=C(OCc3ccc(Cl)c(F)c3)C=C2N1C. The topological polar surface area (TPSA) is 28.1 Å². The Morgan fingerprint density at radius 1 is 1.45 bits per heavy atom. The van der Waals surface area contributed by atoms with Crippen molar-refractivity contribution >= 4 is 17.5 Å². The summed E-state index contributed by atoms with van der Waals surface area (Å²) >= 11 is 5.68. The van der Waals surface area contributed by atoms with Crippen molar-refractivity contribution in [1.29, 1.82) is 0 Å². The summed E-state index contributed by atoms with van der Waals surface area (Å²) in [6.45, 7) is 4.10. The van der Waals surface area contributed by atoms with Gasteiger partial charge in [-0.25, -0.2) is 9.38 Å². The van der Waals surface area contributed by atoms with Gasteiger partial charge in [-0.15, -0.1) is 0 Å². The van der Waals surface area contributed by atoms with Crippen molar-refractivity contribution in [1.82, 2.24) is 9.80 Å². The van der Waals surface area contributed by atoms with Gasteiger partial charge in [-0.3, -0.25) is 0 Å². The zero-order valence-corrected chi connectivity index (χ0v) is 13.5. The molecule has 0 aliphatic carbocycles. The van der Waals surface area contributed by atoms with Crippen LogP contribution >= 0.6 is 11.6 Å². The van der Waals surface area contributed by atoms with Crippen LogP contribution in [-0.2, 0) is 11.3 Å². The number of nitrogens with zero attached hydrogens (tertiary/aromatic N) is 3. The molecule has 3 rings (SSSR count). The molecule has 0 saturated carbocycles. The summed E-state index contributed by atoms with van der Waals surface area (Å²) < 4.78 is 19.1. The van der Waals surface area contributed by atoms with Gasteiger partial charge in [0.1, 0.15) is 24.9 Å². The third-order valence-electron chi connectivity index (χ3n) is 4.18. The lowest BCUT2D eigenvalue weighted by Crippen LogP contribution is -2.47. The van der Waals surface area contributed by atoms with Gasteiger partial charge in [-0.2, -0.15) is 0 Å². The summed E-state index contributed by atoms with van der Waals surface area (Å²) in [4.78, 5) is 8.90. The van der Waals surface area contributed by atoms with E-state index in [0.29, 0.717) is 18.6 Å². The summed E-state index contributed by atoms with van der Waals surface area (Å²) in [6, 6.07) is 5.19. The Kier molecular flexibility index (Phi) is 4.25. The highest BCUT2D eigenvalue weighted by atomic mass is 35.5. The van der Waals surface area contributed by atoms with Crippen LogP contribution in [0.4, 0.5) is 4.39 Å². The monoisotopic (exact) mass is 323 g/mol. The Labute approximate surface area is 134 Å². The van der Waals surface area contributed by atoms with E-state index in [4.69, 9.17) is 16.3 Å². The number of rotatable bonds is 2. The fraction of sp³-hybridized carbons (Fsp3) is 0.438. The second-order valence-corrected chi connectivity index (χ2v) is 6.10. The van der Waals surface area contributed by atoms with Crippen LogP contribution in [0.5, 0.6) is 0 Å². The van der Waals surface area contributed by atoms with E-state index in [0.717, 1.165) is 24.4 Å². The lowest BCUT2D eigenvalue weighted by molar-refractivity contribution is 0.133. The third kappa shape index (κ3) is 3.04. The van der Waals surface area contributed by atoms with Crippen molar-refractivity contribution in [3.8, 4) is 0 Å². The van der Waals surface area contributed by atoms with Crippen LogP contribution in [0.25, 0.3) is 0 Å². The second kappa shape index (κ2) is 6.16. The maximum Gasteiger partial charge on any atom is 0.214 e. The molecule has 1 fully saturated rings. The largest absolute Gasteiger partial charge is 0.473 e. The van der Waals surface area contributed by atoms with Crippen molar-refractivity contribution in [2.24, 2.45) is 4.99 Å². The molecule has 0 spiro atoms. The minimum absolute atomic E-state index is 0.120. The van der Waals surface area contributed by atoms with Crippen LogP contribution in [0, 0.1) is 5.82 Å². The van der Waals surface area contributed by atoms with E-state index in [1.165, 1.54) is 12.1 Å². The van der Waals surface area contributed by atoms with Crippen LogP contribution in [0.2, 0.25) is 5.02 Å². The quantitative estimate of drug-likeness (QED) is 0.836. The first-order chi connectivity index (χ1) is 10.5. The van der Waals surface area contributed by atoms with E-state index < -0.39 is 5.82 Å². The smallest absolute Gasteiger partial charge is 0.214 e. The first kappa shape index (κ1) is 15.2. The highest BCUT2D eigenvalue weighted by Gasteiger charge is 2.27. The van der Waals surface area contributed by atoms with Crippen LogP contribution in [0.1, 0.15) is 18.9 Å². The van der Waals surface area contributed by atoms with E-state index >= 15 is 0 Å². The Bertz CT molecular complexity index is 632. The van der Waals surface area contributed by atoms with Gasteiger partial charge in [0.15, 0.2) is 0 Å². The molecule has 0 radical (unpaired) electrons. The second-order valence-electron chi connectivity index (χ2n) is 5.69. The van der Waals surface area contributed by atoms with Crippen LogP contribution in [0.15, 0.2) is 35.1 Å². The molecule has 1 unspecified atom stereocenters. The standard InChI is InChI=1S/C16H19ClFN3O/c1-11-5-6-21-10-19-15(8-16(21)20(11)2)22-9-12-3-4-13(17)14(18)7-12/h3-4,7-8,11H,5-6,9-10H2,1-2H3. The van der Waals surface area contributed by atoms with Crippen molar-refractivity contribution in [2.45, 2.75) is 26.0 Å². The minimum atomic E-state index is -0.432. The highest BCUT2D eigenvalue weighted by Crippen LogP contribution is 2.24. The number of fused-ring (bicyclic) bond motifs is 1. The lowest BCUT2D eigenvalue weighted by Gasteiger charge is -2.43. The molecule has 118 valence electrons. The maximum absolute atomic E-state index is 13.4. The molecule has 6 heteroatoms. The van der Waals surface area contributed by atoms with Crippen LogP contribution in [0.3, 0.4) is 0 Å². The molecule has 1 saturated heterocycles. The summed E-state index contributed by atoms with van der Waals surface area (Å²) in [6.07, 6.45) is 3.08. The van der Waals surface area contributed by atoms with Gasteiger partial charge in [0.2, 0.25) is 5.90 Å². The minimum Gasteiger partial charge on any atom is -0.473 e. The predicted molar refractivity (Wildman–Crippen MR) is 85.1 cm³/mol. The molecule has 0 bridgehead atoms. The number of benzene rings is 1. The average Bonchev–Trinajstić information content (AvgIpc) is 2.52. The number of hydrogen-bond acceptors (Lipinski definition) is 4. The number of halogens is 2. The lowest BCUT2D eigenvalue weighted by atomic mass is 10.1. The zero-order valence-electron chi connectivity index (χ0n) is 12.7. The molecule has 4 nitrogen and oxygen atoms in total. The summed E-state index contributed by atoms with van der Waals surface area (Å²) in [7, 11) is 2.08. The molecule has 0 amide bonds. The summed E-state index contributed by atoms with van der Waals surface area (Å²) in [5.41, 5.74) is 0.732. The molecule has 22 heavy (non-hydrogen) atoms. The molecular weight excluding hydrogens is 305 g/mol. The van der Waals surface area contributed by atoms with E-state index in [9.17, 15) is 4.39 Å². The van der Waals surface area contributed by atoms with Gasteiger partial charge in [-0.1, -0.05) is 17.7 Å². The van der Waals surface area contributed by atoms with Gasteiger partial charge in [0.25, 0.3) is 0 Å². The predicted octanol–water partition coefficient (Wildman–Crippen LogP) is 3.23. The first-order valence-corrected chi connectivity index (χ1v) is 7.73. The molecule has 1 aromatic carbocycles. The van der Waals surface area contributed by atoms with Crippen molar-refractivity contribution in [3.05, 3.63) is 46.5 Å². The van der Waals surface area contributed by atoms with Gasteiger partial charge < -0.3 is 14.5 Å². The molecule has 0 N–H and O–H groups in total. The molecular formula is C16H19ClFN3O. The molecule has 2 aliphatic heterocycles. The molecule has 1 aromatic rings. The average molecular weight is 324 g/mol. The van der Waals surface area contributed by atoms with Gasteiger partial charge in [0.05, 0.1) is 5.02 Å². The molecule has 0 aromatic heterocycles. The number of ether oxygens (including phenoxy) is 1. The van der Waals surface area contributed by atoms with Crippen molar-refractivity contribution in [3.63, 3.8) is 0 Å². The van der Waals surface area contributed by atoms with E-state index in [1.54, 1.807) is 6.07 Å². The number of aliphatic imine (C=N–C) groups is 1. The fourth-order valence-electron chi connectivity index (χ4n) is 2.62. The Balaban J connectivity index is 1.67. The van der Waals surface area contributed by atoms with Crippen LogP contribution in [-0.4, -0.2) is 42.0 Å². The Morgan fingerprint density at radius 3 is 3.05 bits per heavy atom. The summed E-state index contributed by atoms with van der Waals surface area (Å²) in [5, 5.41) is 0.120. The van der Waals surface area contributed by atoms with E-state index in [2.05, 4.69) is 28.8 Å². The molecule has 2 aliphatic rings. The number of hydrogen-bond donors (Lipinski definition) is 0. The summed E-state index contributed by atoms with van der Waals surface area (Å²) in [5.74, 6) is 1.28. The van der Waals surface area contributed by atoms with Crippen LogP contribution < -0.4 is 0 Å². The zero-order chi connectivity index (χ0) is 15.7. The fourth-order valence-corrected chi connectivity index (χ4v) is 2.74. The van der Waals surface area contributed by atoms with Crippen molar-refractivity contribution in [2.75, 3.05) is 20.3 Å².